The number of nitrogens with zero attached hydrogens (tertiary/aromatic N) is 5. The molecule has 0 atom stereocenters. The second-order valence-corrected chi connectivity index (χ2v) is 10.4. The molecule has 1 aromatic carbocycles. The van der Waals surface area contributed by atoms with Crippen molar-refractivity contribution in [2.75, 3.05) is 50.0 Å². The Hall–Kier alpha value is -2.71. The van der Waals surface area contributed by atoms with Gasteiger partial charge in [-0.1, -0.05) is 6.07 Å². The molecule has 8 nitrogen and oxygen atoms in total. The number of fused-ring (bicyclic) bond motifs is 3. The number of anilines is 2. The van der Waals surface area contributed by atoms with E-state index in [1.54, 1.807) is 0 Å². The molecule has 2 aliphatic carbocycles. The molecule has 0 amide bonds. The molecule has 8 heteroatoms. The Balaban J connectivity index is 1.47. The highest BCUT2D eigenvalue weighted by atomic mass is 16.3. The third-order valence-electron chi connectivity index (χ3n) is 7.88. The van der Waals surface area contributed by atoms with E-state index in [4.69, 9.17) is 4.98 Å². The van der Waals surface area contributed by atoms with Crippen LogP contribution in [-0.2, 0) is 0 Å². The van der Waals surface area contributed by atoms with Crippen LogP contribution in [0.15, 0.2) is 29.2 Å². The molecule has 0 bridgehead atoms. The molecule has 34 heavy (non-hydrogen) atoms. The van der Waals surface area contributed by atoms with E-state index in [1.165, 1.54) is 12.8 Å². The van der Waals surface area contributed by atoms with E-state index in [0.717, 1.165) is 80.3 Å². The zero-order valence-electron chi connectivity index (χ0n) is 19.9. The first kappa shape index (κ1) is 21.8. The van der Waals surface area contributed by atoms with E-state index in [9.17, 15) is 9.90 Å². The standard InChI is InChI=1S/C26H34N6O2/c1-30-10-12-31(13-11-30)19-6-9-21-22(14-19)25(34)32(18-4-7-20(33)8-5-18)24-23(21)16-28-26(29-24)27-15-17-2-3-17/h6,9,14,16-18,20,33H,2-5,7-8,10-13,15H2,1H3,(H,27,28,29)/t18-,20-. The lowest BCUT2D eigenvalue weighted by Crippen LogP contribution is -2.44. The van der Waals surface area contributed by atoms with Crippen LogP contribution in [0.2, 0.25) is 0 Å². The van der Waals surface area contributed by atoms with Crippen LogP contribution in [0, 0.1) is 5.92 Å². The van der Waals surface area contributed by atoms with E-state index < -0.39 is 0 Å². The van der Waals surface area contributed by atoms with Gasteiger partial charge in [-0.2, -0.15) is 4.98 Å². The summed E-state index contributed by atoms with van der Waals surface area (Å²) in [6.07, 6.45) is 7.14. The minimum absolute atomic E-state index is 0.0201. The van der Waals surface area contributed by atoms with Crippen LogP contribution in [0.5, 0.6) is 0 Å². The van der Waals surface area contributed by atoms with Gasteiger partial charge in [-0.05, 0) is 69.0 Å². The van der Waals surface area contributed by atoms with Gasteiger partial charge >= 0.3 is 0 Å². The van der Waals surface area contributed by atoms with Crippen molar-refractivity contribution < 1.29 is 5.11 Å². The first-order chi connectivity index (χ1) is 16.6. The Kier molecular flexibility index (Phi) is 5.65. The lowest BCUT2D eigenvalue weighted by atomic mass is 9.92. The van der Waals surface area contributed by atoms with Crippen LogP contribution in [0.4, 0.5) is 11.6 Å². The third-order valence-corrected chi connectivity index (χ3v) is 7.88. The largest absolute Gasteiger partial charge is 0.393 e. The Bertz CT molecular complexity index is 1250. The SMILES string of the molecule is CN1CCN(c2ccc3c(c2)c(=O)n([C@H]2CC[C@H](O)CC2)c2nc(NCC4CC4)ncc32)CC1. The second kappa shape index (κ2) is 8.82. The van der Waals surface area contributed by atoms with Gasteiger partial charge in [0.05, 0.1) is 11.5 Å². The first-order valence-corrected chi connectivity index (χ1v) is 12.8. The molecule has 0 radical (unpaired) electrons. The number of pyridine rings is 1. The fraction of sp³-hybridized carbons (Fsp3) is 0.577. The quantitative estimate of drug-likeness (QED) is 0.564. The van der Waals surface area contributed by atoms with E-state index in [1.807, 2.05) is 10.8 Å². The molecule has 3 heterocycles. The number of hydrogen-bond donors (Lipinski definition) is 2. The normalized spacial score (nSPS) is 24.1. The highest BCUT2D eigenvalue weighted by Crippen LogP contribution is 2.33. The summed E-state index contributed by atoms with van der Waals surface area (Å²) in [5.41, 5.74) is 1.83. The predicted molar refractivity (Wildman–Crippen MR) is 136 cm³/mol. The van der Waals surface area contributed by atoms with Gasteiger partial charge in [0, 0.05) is 56.0 Å². The summed E-state index contributed by atoms with van der Waals surface area (Å²) in [6.45, 7) is 4.85. The maximum atomic E-state index is 14.0. The summed E-state index contributed by atoms with van der Waals surface area (Å²) in [5.74, 6) is 1.31. The molecule has 3 aromatic rings. The predicted octanol–water partition coefficient (Wildman–Crippen LogP) is 2.99. The highest BCUT2D eigenvalue weighted by Gasteiger charge is 2.26. The Morgan fingerprint density at radius 1 is 1.00 bits per heavy atom. The summed E-state index contributed by atoms with van der Waals surface area (Å²) < 4.78 is 1.90. The minimum Gasteiger partial charge on any atom is -0.393 e. The molecule has 3 fully saturated rings. The van der Waals surface area contributed by atoms with Crippen molar-refractivity contribution in [3.63, 3.8) is 0 Å². The Labute approximate surface area is 199 Å². The summed E-state index contributed by atoms with van der Waals surface area (Å²) in [5, 5.41) is 16.0. The van der Waals surface area contributed by atoms with Crippen LogP contribution >= 0.6 is 0 Å². The van der Waals surface area contributed by atoms with E-state index in [0.29, 0.717) is 17.5 Å². The first-order valence-electron chi connectivity index (χ1n) is 12.8. The molecule has 0 unspecified atom stereocenters. The second-order valence-electron chi connectivity index (χ2n) is 10.4. The number of hydrogen-bond acceptors (Lipinski definition) is 7. The minimum atomic E-state index is -0.270. The lowest BCUT2D eigenvalue weighted by molar-refractivity contribution is 0.111. The van der Waals surface area contributed by atoms with E-state index in [2.05, 4.69) is 45.3 Å². The molecule has 1 saturated heterocycles. The van der Waals surface area contributed by atoms with Crippen LogP contribution in [0.25, 0.3) is 21.8 Å². The molecule has 0 spiro atoms. The molecule has 6 rings (SSSR count). The van der Waals surface area contributed by atoms with Gasteiger partial charge in [0.2, 0.25) is 5.95 Å². The van der Waals surface area contributed by atoms with Gasteiger partial charge in [0.25, 0.3) is 5.56 Å². The zero-order chi connectivity index (χ0) is 23.2. The molecule has 1 aliphatic heterocycles. The summed E-state index contributed by atoms with van der Waals surface area (Å²) in [6, 6.07) is 6.31. The molecular weight excluding hydrogens is 428 g/mol. The van der Waals surface area contributed by atoms with Crippen molar-refractivity contribution in [3.05, 3.63) is 34.7 Å². The van der Waals surface area contributed by atoms with Gasteiger partial charge in [-0.15, -0.1) is 0 Å². The molecule has 180 valence electrons. The summed E-state index contributed by atoms with van der Waals surface area (Å²) in [7, 11) is 2.15. The van der Waals surface area contributed by atoms with Crippen molar-refractivity contribution in [1.82, 2.24) is 19.4 Å². The van der Waals surface area contributed by atoms with Crippen LogP contribution < -0.4 is 15.8 Å². The number of aromatic nitrogens is 3. The summed E-state index contributed by atoms with van der Waals surface area (Å²) >= 11 is 0. The monoisotopic (exact) mass is 462 g/mol. The average molecular weight is 463 g/mol. The van der Waals surface area contributed by atoms with Crippen LogP contribution in [-0.4, -0.2) is 70.4 Å². The number of rotatable bonds is 5. The van der Waals surface area contributed by atoms with Crippen molar-refractivity contribution >= 4 is 33.4 Å². The maximum absolute atomic E-state index is 14.0. The van der Waals surface area contributed by atoms with Crippen molar-refractivity contribution in [3.8, 4) is 0 Å². The van der Waals surface area contributed by atoms with Gasteiger partial charge in [-0.3, -0.25) is 9.36 Å². The average Bonchev–Trinajstić information content (AvgIpc) is 3.69. The number of nitrogens with one attached hydrogen (secondary N) is 1. The maximum Gasteiger partial charge on any atom is 0.260 e. The van der Waals surface area contributed by atoms with Gasteiger partial charge in [-0.25, -0.2) is 4.98 Å². The molecule has 2 saturated carbocycles. The van der Waals surface area contributed by atoms with Gasteiger partial charge in [0.1, 0.15) is 5.65 Å². The smallest absolute Gasteiger partial charge is 0.260 e. The van der Waals surface area contributed by atoms with Gasteiger partial charge < -0.3 is 20.2 Å². The van der Waals surface area contributed by atoms with Crippen LogP contribution in [0.3, 0.4) is 0 Å². The van der Waals surface area contributed by atoms with Crippen molar-refractivity contribution in [2.45, 2.75) is 50.7 Å². The Morgan fingerprint density at radius 3 is 2.50 bits per heavy atom. The number of aliphatic hydroxyl groups is 1. The van der Waals surface area contributed by atoms with Crippen molar-refractivity contribution in [1.29, 1.82) is 0 Å². The fourth-order valence-corrected chi connectivity index (χ4v) is 5.48. The molecule has 3 aliphatic rings. The van der Waals surface area contributed by atoms with E-state index in [-0.39, 0.29) is 17.7 Å². The van der Waals surface area contributed by atoms with E-state index >= 15 is 0 Å². The van der Waals surface area contributed by atoms with Gasteiger partial charge in [0.15, 0.2) is 0 Å². The topological polar surface area (TPSA) is 86.5 Å². The highest BCUT2D eigenvalue weighted by molar-refractivity contribution is 6.05. The lowest BCUT2D eigenvalue weighted by Gasteiger charge is -2.34. The van der Waals surface area contributed by atoms with Crippen molar-refractivity contribution in [2.24, 2.45) is 5.92 Å². The molecule has 2 aromatic heterocycles. The van der Waals surface area contributed by atoms with Crippen LogP contribution in [0.1, 0.15) is 44.6 Å². The Morgan fingerprint density at radius 2 is 1.76 bits per heavy atom. The zero-order valence-corrected chi connectivity index (χ0v) is 19.9. The fourth-order valence-electron chi connectivity index (χ4n) is 5.48. The molecular formula is C26H34N6O2. The number of piperazine rings is 1. The summed E-state index contributed by atoms with van der Waals surface area (Å²) in [4.78, 5) is 28.2. The number of benzene rings is 1. The number of aliphatic hydroxyl groups excluding tert-OH is 1. The third kappa shape index (κ3) is 4.14. The number of likely N-dealkylation sites (N-methyl/N-ethyl adjacent to an activating group) is 1. The molecule has 2 N–H and O–H groups in total.